The third-order valence-electron chi connectivity index (χ3n) is 7.09. The predicted octanol–water partition coefficient (Wildman–Crippen LogP) is 6.32. The van der Waals surface area contributed by atoms with E-state index in [1.807, 2.05) is 72.5 Å². The van der Waals surface area contributed by atoms with E-state index in [1.54, 1.807) is 16.2 Å². The third-order valence-corrected chi connectivity index (χ3v) is 8.08. The van der Waals surface area contributed by atoms with Crippen LogP contribution in [0.4, 0.5) is 0 Å². The van der Waals surface area contributed by atoms with Crippen LogP contribution in [0.25, 0.3) is 10.8 Å². The van der Waals surface area contributed by atoms with E-state index in [9.17, 15) is 9.59 Å². The van der Waals surface area contributed by atoms with E-state index in [4.69, 9.17) is 0 Å². The second-order valence-electron chi connectivity index (χ2n) is 9.20. The smallest absolute Gasteiger partial charge is 0.254 e. The van der Waals surface area contributed by atoms with Crippen molar-refractivity contribution in [3.63, 3.8) is 0 Å². The molecular formula is C30H30N2O2S. The monoisotopic (exact) mass is 482 g/mol. The van der Waals surface area contributed by atoms with Crippen LogP contribution >= 0.6 is 11.3 Å². The fourth-order valence-corrected chi connectivity index (χ4v) is 5.86. The zero-order chi connectivity index (χ0) is 24.4. The number of carbonyl (C=O) groups excluding carboxylic acids is 2. The second kappa shape index (κ2) is 10.0. The molecule has 5 heteroatoms. The summed E-state index contributed by atoms with van der Waals surface area (Å²) in [5.41, 5.74) is 2.93. The molecule has 2 amide bonds. The largest absolute Gasteiger partial charge is 0.330 e. The summed E-state index contributed by atoms with van der Waals surface area (Å²) in [7, 11) is 0. The summed E-state index contributed by atoms with van der Waals surface area (Å²) in [6.07, 6.45) is 1.63. The Morgan fingerprint density at radius 3 is 2.51 bits per heavy atom. The Kier molecular flexibility index (Phi) is 6.69. The maximum absolute atomic E-state index is 13.8. The van der Waals surface area contributed by atoms with Gasteiger partial charge in [-0.2, -0.15) is 0 Å². The molecule has 0 N–H and O–H groups in total. The Bertz CT molecular complexity index is 1350. The van der Waals surface area contributed by atoms with Crippen LogP contribution in [0.5, 0.6) is 0 Å². The van der Waals surface area contributed by atoms with Crippen molar-refractivity contribution in [1.29, 1.82) is 0 Å². The summed E-state index contributed by atoms with van der Waals surface area (Å²) in [4.78, 5) is 32.6. The third kappa shape index (κ3) is 4.61. The minimum Gasteiger partial charge on any atom is -0.330 e. The zero-order valence-corrected chi connectivity index (χ0v) is 21.0. The molecule has 4 nitrogen and oxygen atoms in total. The van der Waals surface area contributed by atoms with Gasteiger partial charge < -0.3 is 9.80 Å². The molecule has 0 spiro atoms. The molecular weight excluding hydrogens is 452 g/mol. The molecule has 0 bridgehead atoms. The van der Waals surface area contributed by atoms with Crippen LogP contribution in [-0.4, -0.2) is 40.7 Å². The second-order valence-corrected chi connectivity index (χ2v) is 10.2. The molecule has 2 heterocycles. The zero-order valence-electron chi connectivity index (χ0n) is 20.2. The summed E-state index contributed by atoms with van der Waals surface area (Å²) in [5.74, 6) is -0.104. The molecule has 2 atom stereocenters. The van der Waals surface area contributed by atoms with E-state index >= 15 is 0 Å². The lowest BCUT2D eigenvalue weighted by Gasteiger charge is -2.38. The van der Waals surface area contributed by atoms with E-state index in [0.29, 0.717) is 12.1 Å². The highest BCUT2D eigenvalue weighted by molar-refractivity contribution is 7.10. The molecule has 0 aliphatic carbocycles. The van der Waals surface area contributed by atoms with Crippen molar-refractivity contribution in [3.05, 3.63) is 106 Å². The number of thiophene rings is 1. The number of hydrogen-bond donors (Lipinski definition) is 0. The van der Waals surface area contributed by atoms with Gasteiger partial charge in [0.1, 0.15) is 6.54 Å². The van der Waals surface area contributed by atoms with Crippen molar-refractivity contribution in [2.24, 2.45) is 0 Å². The van der Waals surface area contributed by atoms with Crippen LogP contribution < -0.4 is 0 Å². The first-order valence-corrected chi connectivity index (χ1v) is 13.1. The van der Waals surface area contributed by atoms with Crippen LogP contribution in [0.1, 0.15) is 52.7 Å². The molecule has 1 aromatic heterocycles. The van der Waals surface area contributed by atoms with Gasteiger partial charge in [0.2, 0.25) is 5.91 Å². The van der Waals surface area contributed by atoms with Crippen LogP contribution in [0.3, 0.4) is 0 Å². The Morgan fingerprint density at radius 1 is 1.00 bits per heavy atom. The molecule has 5 rings (SSSR count). The van der Waals surface area contributed by atoms with Gasteiger partial charge in [-0.25, -0.2) is 0 Å². The first kappa shape index (κ1) is 23.3. The number of hydrogen-bond acceptors (Lipinski definition) is 3. The van der Waals surface area contributed by atoms with Gasteiger partial charge in [-0.05, 0) is 65.2 Å². The average Bonchev–Trinajstić information content (AvgIpc) is 3.39. The first-order valence-electron chi connectivity index (χ1n) is 12.3. The van der Waals surface area contributed by atoms with Gasteiger partial charge in [-0.3, -0.25) is 9.59 Å². The molecule has 0 fully saturated rings. The fourth-order valence-electron chi connectivity index (χ4n) is 4.95. The van der Waals surface area contributed by atoms with Gasteiger partial charge in [-0.1, -0.05) is 67.6 Å². The maximum atomic E-state index is 13.8. The Labute approximate surface area is 210 Å². The van der Waals surface area contributed by atoms with Crippen LogP contribution in [0.15, 0.2) is 84.2 Å². The Hall–Kier alpha value is -3.44. The molecule has 1 aliphatic rings. The van der Waals surface area contributed by atoms with E-state index < -0.39 is 0 Å². The molecule has 0 saturated carbocycles. The molecule has 2 unspecified atom stereocenters. The summed E-state index contributed by atoms with van der Waals surface area (Å²) >= 11 is 1.76. The fraction of sp³-hybridized carbons (Fsp3) is 0.267. The minimum absolute atomic E-state index is 0.00913. The van der Waals surface area contributed by atoms with Crippen molar-refractivity contribution < 1.29 is 9.59 Å². The highest BCUT2D eigenvalue weighted by Crippen LogP contribution is 2.38. The van der Waals surface area contributed by atoms with Gasteiger partial charge in [-0.15, -0.1) is 11.3 Å². The van der Waals surface area contributed by atoms with Crippen LogP contribution in [0.2, 0.25) is 0 Å². The van der Waals surface area contributed by atoms with E-state index in [1.165, 1.54) is 10.4 Å². The van der Waals surface area contributed by atoms with Crippen molar-refractivity contribution in [1.82, 2.24) is 9.80 Å². The number of rotatable bonds is 6. The van der Waals surface area contributed by atoms with E-state index in [0.717, 1.165) is 29.2 Å². The topological polar surface area (TPSA) is 40.6 Å². The summed E-state index contributed by atoms with van der Waals surface area (Å²) in [5, 5.41) is 4.24. The number of fused-ring (bicyclic) bond motifs is 2. The van der Waals surface area contributed by atoms with Crippen molar-refractivity contribution in [2.75, 3.05) is 13.1 Å². The van der Waals surface area contributed by atoms with E-state index in [2.05, 4.69) is 30.5 Å². The number of amides is 2. The molecule has 4 aromatic rings. The molecule has 35 heavy (non-hydrogen) atoms. The van der Waals surface area contributed by atoms with Gasteiger partial charge in [0, 0.05) is 23.0 Å². The lowest BCUT2D eigenvalue weighted by Crippen LogP contribution is -2.49. The van der Waals surface area contributed by atoms with Crippen molar-refractivity contribution >= 4 is 33.9 Å². The SMILES string of the molecule is CCC(C)N(CC(=O)N1CCc2sccc2C1c1ccccc1)C(=O)c1ccc2ccccc2c1. The standard InChI is InChI=1S/C30H30N2O2S/c1-3-21(2)32(30(34)25-14-13-22-9-7-8-12-24(22)19-25)20-28(33)31-17-15-27-26(16-18-35-27)29(31)23-10-5-4-6-11-23/h4-14,16,18-19,21,29H,3,15,17,20H2,1-2H3. The molecule has 1 aliphatic heterocycles. The van der Waals surface area contributed by atoms with Gasteiger partial charge in [0.25, 0.3) is 5.91 Å². The number of benzene rings is 3. The highest BCUT2D eigenvalue weighted by atomic mass is 32.1. The van der Waals surface area contributed by atoms with Crippen LogP contribution in [-0.2, 0) is 11.2 Å². The van der Waals surface area contributed by atoms with Crippen molar-refractivity contribution in [2.45, 2.75) is 38.8 Å². The average molecular weight is 483 g/mol. The molecule has 178 valence electrons. The minimum atomic E-state index is -0.117. The first-order chi connectivity index (χ1) is 17.1. The van der Waals surface area contributed by atoms with Gasteiger partial charge in [0.15, 0.2) is 0 Å². The molecule has 0 saturated heterocycles. The summed E-state index contributed by atoms with van der Waals surface area (Å²) in [6.45, 7) is 4.81. The Balaban J connectivity index is 1.44. The van der Waals surface area contributed by atoms with Gasteiger partial charge >= 0.3 is 0 Å². The van der Waals surface area contributed by atoms with Crippen LogP contribution in [0, 0.1) is 0 Å². The Morgan fingerprint density at radius 2 is 1.74 bits per heavy atom. The summed E-state index contributed by atoms with van der Waals surface area (Å²) in [6, 6.07) is 26.0. The lowest BCUT2D eigenvalue weighted by atomic mass is 9.93. The normalized spacial score (nSPS) is 16.1. The maximum Gasteiger partial charge on any atom is 0.254 e. The lowest BCUT2D eigenvalue weighted by molar-refractivity contribution is -0.134. The summed E-state index contributed by atoms with van der Waals surface area (Å²) < 4.78 is 0. The van der Waals surface area contributed by atoms with Crippen molar-refractivity contribution in [3.8, 4) is 0 Å². The quantitative estimate of drug-likeness (QED) is 0.323. The van der Waals surface area contributed by atoms with E-state index in [-0.39, 0.29) is 30.4 Å². The number of nitrogens with zero attached hydrogens (tertiary/aromatic N) is 2. The number of carbonyl (C=O) groups is 2. The molecule has 0 radical (unpaired) electrons. The van der Waals surface area contributed by atoms with Gasteiger partial charge in [0.05, 0.1) is 6.04 Å². The molecule has 3 aromatic carbocycles. The predicted molar refractivity (Wildman–Crippen MR) is 143 cm³/mol. The highest BCUT2D eigenvalue weighted by Gasteiger charge is 2.34.